The monoisotopic (exact) mass is 740 g/mol. The van der Waals surface area contributed by atoms with Gasteiger partial charge >= 0.3 is 12.4 Å². The van der Waals surface area contributed by atoms with Crippen molar-refractivity contribution in [2.45, 2.75) is 146 Å². The summed E-state index contributed by atoms with van der Waals surface area (Å²) < 4.78 is 118. The Morgan fingerprint density at radius 3 is 2.24 bits per heavy atom. The Balaban J connectivity index is 1.20. The van der Waals surface area contributed by atoms with E-state index in [9.17, 15) is 23.5 Å². The second-order valence-electron chi connectivity index (χ2n) is 15.9. The summed E-state index contributed by atoms with van der Waals surface area (Å²) in [6, 6.07) is 0. The lowest BCUT2D eigenvalue weighted by atomic mass is 9.56. The molecule has 2 N–H and O–H groups in total. The summed E-state index contributed by atoms with van der Waals surface area (Å²) in [7, 11) is 0. The highest BCUT2D eigenvalue weighted by atomic mass is 19.4. The largest absolute Gasteiger partial charge is 0.456 e. The first-order valence-corrected chi connectivity index (χ1v) is 17.9. The van der Waals surface area contributed by atoms with Crippen LogP contribution in [0.5, 0.6) is 0 Å². The van der Waals surface area contributed by atoms with E-state index in [1.54, 1.807) is 13.8 Å². The highest BCUT2D eigenvalue weighted by molar-refractivity contribution is 5.35. The predicted molar refractivity (Wildman–Crippen MR) is 161 cm³/mol. The van der Waals surface area contributed by atoms with E-state index < -0.39 is 95.6 Å². The van der Waals surface area contributed by atoms with Gasteiger partial charge in [-0.25, -0.2) is 14.7 Å². The Morgan fingerprint density at radius 1 is 0.863 bits per heavy atom. The molecule has 0 aromatic carbocycles. The van der Waals surface area contributed by atoms with E-state index in [2.05, 4.69) is 11.8 Å². The van der Waals surface area contributed by atoms with Crippen molar-refractivity contribution in [2.24, 2.45) is 41.4 Å². The summed E-state index contributed by atoms with van der Waals surface area (Å²) in [4.78, 5) is 16.7. The van der Waals surface area contributed by atoms with Gasteiger partial charge in [0.1, 0.15) is 12.7 Å². The zero-order chi connectivity index (χ0) is 36.9. The number of aliphatic hydroxyl groups excluding tert-OH is 1. The second-order valence-corrected chi connectivity index (χ2v) is 15.9. The molecule has 10 nitrogen and oxygen atoms in total. The number of fused-ring (bicyclic) bond motifs is 2. The van der Waals surface area contributed by atoms with Crippen molar-refractivity contribution in [3.8, 4) is 11.8 Å². The lowest BCUT2D eigenvalue weighted by Gasteiger charge is -2.60. The van der Waals surface area contributed by atoms with Crippen molar-refractivity contribution in [2.75, 3.05) is 6.61 Å². The van der Waals surface area contributed by atoms with E-state index in [1.807, 2.05) is 13.8 Å². The number of allylic oxidation sites excluding steroid dienone is 1. The molecule has 8 rings (SSSR count). The maximum absolute atomic E-state index is 15.2. The van der Waals surface area contributed by atoms with E-state index in [0.29, 0.717) is 38.5 Å². The fraction of sp³-hybridized carbons (Fsp3) is 0.886. The van der Waals surface area contributed by atoms with Crippen LogP contribution in [0.25, 0.3) is 0 Å². The van der Waals surface area contributed by atoms with Crippen molar-refractivity contribution in [1.82, 2.24) is 0 Å². The fourth-order valence-corrected chi connectivity index (χ4v) is 10.6. The number of aliphatic hydroxyl groups is 1. The molecule has 6 heterocycles. The molecule has 51 heavy (non-hydrogen) atoms. The van der Waals surface area contributed by atoms with Crippen LogP contribution in [0.1, 0.15) is 86.0 Å². The highest BCUT2D eigenvalue weighted by Gasteiger charge is 2.75. The number of hydrogen-bond donors (Lipinski definition) is 2. The zero-order valence-corrected chi connectivity index (χ0v) is 29.1. The third-order valence-corrected chi connectivity index (χ3v) is 13.2. The molecule has 288 valence electrons. The van der Waals surface area contributed by atoms with Crippen LogP contribution in [0.2, 0.25) is 0 Å². The van der Waals surface area contributed by atoms with E-state index >= 15 is 13.2 Å². The summed E-state index contributed by atoms with van der Waals surface area (Å²) >= 11 is 0. The number of alkyl halides is 6. The molecular formula is C35H46F6O10. The number of rotatable bonds is 4. The summed E-state index contributed by atoms with van der Waals surface area (Å²) in [5.74, 6) is -5.59. The van der Waals surface area contributed by atoms with Crippen LogP contribution < -0.4 is 0 Å². The van der Waals surface area contributed by atoms with Crippen LogP contribution in [0.4, 0.5) is 26.3 Å². The molecule has 5 saturated heterocycles. The zero-order valence-electron chi connectivity index (χ0n) is 29.1. The lowest BCUT2D eigenvalue weighted by Crippen LogP contribution is -2.74. The maximum Gasteiger partial charge on any atom is 0.449 e. The van der Waals surface area contributed by atoms with E-state index in [4.69, 9.17) is 38.3 Å². The fourth-order valence-electron chi connectivity index (χ4n) is 10.6. The second kappa shape index (κ2) is 12.7. The van der Waals surface area contributed by atoms with Gasteiger partial charge in [0, 0.05) is 35.7 Å². The average Bonchev–Trinajstić information content (AvgIpc) is 3.37. The SMILES string of the molecule is C[C@@H]1CC[C@H]2[C@@H](C)[C@](OCC#CC(O)C3=C(C(F)(F)F)O[C@@H]4OC5(C)CCC6[C@H](C)CC[C@@H]3[C@]64OO5)(C(F)(F)F)O[C@@H]3O[C@@H](C)CCC1C32OO. The molecular weight excluding hydrogens is 694 g/mol. The molecule has 0 amide bonds. The van der Waals surface area contributed by atoms with Gasteiger partial charge in [0.05, 0.1) is 6.10 Å². The Labute approximate surface area is 292 Å². The third-order valence-electron chi connectivity index (χ3n) is 13.2. The molecule has 16 heteroatoms. The molecule has 15 atom stereocenters. The van der Waals surface area contributed by atoms with Crippen molar-refractivity contribution in [3.63, 3.8) is 0 Å². The van der Waals surface area contributed by atoms with E-state index in [0.717, 1.165) is 0 Å². The standard InChI is InChI=1S/C35H46F6O10/c1-17-8-11-23-20(4)33(35(39,40)41,48-28-31(23,49-43)21(17)13-10-19(3)45-28)44-16-6-7-25(42)26-24-12-9-18(2)22-14-15-30(5)47-29(32(22,24)51-50-30)46-27(26)34(36,37)38/h17-25,28-29,42-43H,8-16H2,1-5H3/t17-,18-,19+,20-,21?,22?,23+,24+,25?,28+,29-,30?,31?,32-,33-/m1/s1. The van der Waals surface area contributed by atoms with Gasteiger partial charge < -0.3 is 28.8 Å². The normalized spacial score (nSPS) is 48.6. The quantitative estimate of drug-likeness (QED) is 0.139. The molecule has 0 radical (unpaired) electrons. The first kappa shape index (κ1) is 37.6. The maximum atomic E-state index is 15.2. The molecule has 5 unspecified atom stereocenters. The van der Waals surface area contributed by atoms with Gasteiger partial charge in [0.25, 0.3) is 5.79 Å². The average molecular weight is 741 g/mol. The smallest absolute Gasteiger partial charge is 0.449 e. The molecule has 7 fully saturated rings. The molecule has 0 aromatic heterocycles. The number of hydrogen-bond acceptors (Lipinski definition) is 10. The Morgan fingerprint density at radius 2 is 1.55 bits per heavy atom. The molecule has 2 bridgehead atoms. The van der Waals surface area contributed by atoms with Crippen molar-refractivity contribution >= 4 is 0 Å². The van der Waals surface area contributed by atoms with Crippen molar-refractivity contribution in [1.29, 1.82) is 0 Å². The molecule has 1 spiro atoms. The van der Waals surface area contributed by atoms with E-state index in [-0.39, 0.29) is 36.5 Å². The van der Waals surface area contributed by atoms with Gasteiger partial charge in [-0.1, -0.05) is 32.6 Å². The Bertz CT molecular complexity index is 1450. The van der Waals surface area contributed by atoms with Gasteiger partial charge in [-0.3, -0.25) is 5.26 Å². The summed E-state index contributed by atoms with van der Waals surface area (Å²) in [6.07, 6.45) is -12.6. The van der Waals surface area contributed by atoms with Crippen LogP contribution in [0.15, 0.2) is 11.3 Å². The Hall–Kier alpha value is -1.68. The molecule has 6 aliphatic heterocycles. The summed E-state index contributed by atoms with van der Waals surface area (Å²) in [6.45, 7) is 7.51. The Kier molecular flexibility index (Phi) is 9.37. The first-order valence-electron chi connectivity index (χ1n) is 17.9. The minimum Gasteiger partial charge on any atom is -0.456 e. The summed E-state index contributed by atoms with van der Waals surface area (Å²) in [5.41, 5.74) is -3.70. The van der Waals surface area contributed by atoms with Gasteiger partial charge in [-0.05, 0) is 76.5 Å². The lowest BCUT2D eigenvalue weighted by molar-refractivity contribution is -0.558. The third kappa shape index (κ3) is 5.58. The molecule has 2 aliphatic carbocycles. The van der Waals surface area contributed by atoms with E-state index in [1.165, 1.54) is 6.92 Å². The van der Waals surface area contributed by atoms with Gasteiger partial charge in [-0.15, -0.1) is 0 Å². The predicted octanol–water partition coefficient (Wildman–Crippen LogP) is 6.77. The topological polar surface area (TPSA) is 114 Å². The van der Waals surface area contributed by atoms with Crippen LogP contribution in [0.3, 0.4) is 0 Å². The van der Waals surface area contributed by atoms with Gasteiger partial charge in [-0.2, -0.15) is 26.3 Å². The molecule has 8 aliphatic rings. The summed E-state index contributed by atoms with van der Waals surface area (Å²) in [5, 5.41) is 21.7. The van der Waals surface area contributed by atoms with Gasteiger partial charge in [0.15, 0.2) is 17.5 Å². The highest BCUT2D eigenvalue weighted by Crippen LogP contribution is 2.63. The molecule has 0 aromatic rings. The number of ether oxygens (including phenoxy) is 5. The molecule has 2 saturated carbocycles. The number of halogens is 6. The minimum atomic E-state index is -5.14. The van der Waals surface area contributed by atoms with Crippen LogP contribution in [-0.4, -0.2) is 76.9 Å². The first-order chi connectivity index (χ1) is 23.8. The van der Waals surface area contributed by atoms with Crippen LogP contribution >= 0.6 is 0 Å². The van der Waals surface area contributed by atoms with Crippen LogP contribution in [0, 0.1) is 53.3 Å². The minimum absolute atomic E-state index is 0.000548. The van der Waals surface area contributed by atoms with Crippen molar-refractivity contribution in [3.05, 3.63) is 11.3 Å². The van der Waals surface area contributed by atoms with Crippen LogP contribution in [-0.2, 0) is 38.3 Å². The van der Waals surface area contributed by atoms with Crippen molar-refractivity contribution < 1.29 is 75.1 Å². The van der Waals surface area contributed by atoms with Gasteiger partial charge in [0.2, 0.25) is 17.8 Å².